The van der Waals surface area contributed by atoms with Gasteiger partial charge in [0.2, 0.25) is 0 Å². The van der Waals surface area contributed by atoms with E-state index in [4.69, 9.17) is 10.5 Å². The molecule has 1 aliphatic rings. The number of ether oxygens (including phenoxy) is 1. The Bertz CT molecular complexity index is 706. The summed E-state index contributed by atoms with van der Waals surface area (Å²) >= 11 is 0. The summed E-state index contributed by atoms with van der Waals surface area (Å²) in [6, 6.07) is 9.67. The molecule has 1 aromatic carbocycles. The molecule has 0 spiro atoms. The fourth-order valence-electron chi connectivity index (χ4n) is 3.05. The Kier molecular flexibility index (Phi) is 4.72. The first-order chi connectivity index (χ1) is 11.1. The predicted octanol–water partition coefficient (Wildman–Crippen LogP) is 3.64. The Hall–Kier alpha value is -2.20. The largest absolute Gasteiger partial charge is 0.384 e. The van der Waals surface area contributed by atoms with Crippen molar-refractivity contribution in [3.05, 3.63) is 47.7 Å². The van der Waals surface area contributed by atoms with Crippen LogP contribution >= 0.6 is 0 Å². The lowest BCUT2D eigenvalue weighted by Gasteiger charge is -2.21. The van der Waals surface area contributed by atoms with Gasteiger partial charge >= 0.3 is 0 Å². The standard InChI is InChI=1S/C19H22N2O2/c1-13-2-3-16(18(22)10-14-5-8-23-9-6-14)11-17(13)15-4-7-21-19(20)12-15/h2-4,7,11-12,14H,5-6,8-10H2,1H3,(H2,20,21). The molecule has 120 valence electrons. The molecule has 2 aromatic rings. The second kappa shape index (κ2) is 6.92. The molecule has 0 atom stereocenters. The smallest absolute Gasteiger partial charge is 0.163 e. The van der Waals surface area contributed by atoms with Crippen LogP contribution in [0.25, 0.3) is 11.1 Å². The lowest BCUT2D eigenvalue weighted by molar-refractivity contribution is 0.0601. The van der Waals surface area contributed by atoms with E-state index in [1.807, 2.05) is 37.3 Å². The highest BCUT2D eigenvalue weighted by atomic mass is 16.5. The monoisotopic (exact) mass is 310 g/mol. The first-order valence-corrected chi connectivity index (χ1v) is 8.07. The van der Waals surface area contributed by atoms with Crippen molar-refractivity contribution >= 4 is 11.6 Å². The Morgan fingerprint density at radius 3 is 2.78 bits per heavy atom. The number of pyridine rings is 1. The molecule has 1 saturated heterocycles. The third kappa shape index (κ3) is 3.77. The number of benzene rings is 1. The third-order valence-electron chi connectivity index (χ3n) is 4.47. The topological polar surface area (TPSA) is 65.2 Å². The normalized spacial score (nSPS) is 15.5. The minimum absolute atomic E-state index is 0.208. The van der Waals surface area contributed by atoms with Crippen LogP contribution in [0.1, 0.15) is 35.2 Å². The molecule has 4 heteroatoms. The minimum atomic E-state index is 0.208. The van der Waals surface area contributed by atoms with Gasteiger partial charge in [0, 0.05) is 31.4 Å². The van der Waals surface area contributed by atoms with Crippen LogP contribution in [-0.4, -0.2) is 24.0 Å². The van der Waals surface area contributed by atoms with Gasteiger partial charge in [-0.1, -0.05) is 12.1 Å². The van der Waals surface area contributed by atoms with E-state index in [-0.39, 0.29) is 5.78 Å². The highest BCUT2D eigenvalue weighted by Gasteiger charge is 2.19. The molecule has 1 aromatic heterocycles. The van der Waals surface area contributed by atoms with Crippen LogP contribution in [0.2, 0.25) is 0 Å². The average molecular weight is 310 g/mol. The van der Waals surface area contributed by atoms with Gasteiger partial charge in [-0.05, 0) is 60.6 Å². The number of carbonyl (C=O) groups is 1. The van der Waals surface area contributed by atoms with E-state index in [0.717, 1.165) is 48.3 Å². The van der Waals surface area contributed by atoms with Crippen LogP contribution < -0.4 is 5.73 Å². The molecule has 0 amide bonds. The molecule has 0 aliphatic carbocycles. The zero-order valence-electron chi connectivity index (χ0n) is 13.4. The molecule has 0 bridgehead atoms. The number of nitrogens with two attached hydrogens (primary N) is 1. The van der Waals surface area contributed by atoms with E-state index in [1.54, 1.807) is 6.20 Å². The fourth-order valence-corrected chi connectivity index (χ4v) is 3.05. The predicted molar refractivity (Wildman–Crippen MR) is 91.3 cm³/mol. The van der Waals surface area contributed by atoms with Crippen molar-refractivity contribution in [2.75, 3.05) is 18.9 Å². The summed E-state index contributed by atoms with van der Waals surface area (Å²) in [5.74, 6) is 1.14. The van der Waals surface area contributed by atoms with Gasteiger partial charge in [-0.3, -0.25) is 4.79 Å². The number of ketones is 1. The summed E-state index contributed by atoms with van der Waals surface area (Å²) in [6.45, 7) is 3.58. The lowest BCUT2D eigenvalue weighted by atomic mass is 9.90. The number of Topliss-reactive ketones (excluding diaryl/α,β-unsaturated/α-hetero) is 1. The van der Waals surface area contributed by atoms with Crippen molar-refractivity contribution in [1.29, 1.82) is 0 Å². The summed E-state index contributed by atoms with van der Waals surface area (Å²) in [4.78, 5) is 16.6. The van der Waals surface area contributed by atoms with E-state index in [9.17, 15) is 4.79 Å². The first-order valence-electron chi connectivity index (χ1n) is 8.07. The zero-order chi connectivity index (χ0) is 16.2. The van der Waals surface area contributed by atoms with Gasteiger partial charge in [0.15, 0.2) is 5.78 Å². The Morgan fingerprint density at radius 1 is 1.26 bits per heavy atom. The molecule has 1 aliphatic heterocycles. The number of hydrogen-bond donors (Lipinski definition) is 1. The van der Waals surface area contributed by atoms with Gasteiger partial charge in [-0.2, -0.15) is 0 Å². The van der Waals surface area contributed by atoms with Crippen LogP contribution in [-0.2, 0) is 4.74 Å². The minimum Gasteiger partial charge on any atom is -0.384 e. The second-order valence-electron chi connectivity index (χ2n) is 6.18. The molecule has 4 nitrogen and oxygen atoms in total. The maximum Gasteiger partial charge on any atom is 0.163 e. The van der Waals surface area contributed by atoms with Crippen molar-refractivity contribution in [2.45, 2.75) is 26.2 Å². The summed E-state index contributed by atoms with van der Waals surface area (Å²) in [5, 5.41) is 0. The average Bonchev–Trinajstić information content (AvgIpc) is 2.56. The number of anilines is 1. The Labute approximate surface area is 136 Å². The lowest BCUT2D eigenvalue weighted by Crippen LogP contribution is -2.18. The highest BCUT2D eigenvalue weighted by molar-refractivity contribution is 5.97. The fraction of sp³-hybridized carbons (Fsp3) is 0.368. The number of rotatable bonds is 4. The van der Waals surface area contributed by atoms with E-state index in [1.165, 1.54) is 0 Å². The molecule has 3 rings (SSSR count). The molecular weight excluding hydrogens is 288 g/mol. The van der Waals surface area contributed by atoms with Crippen LogP contribution in [0.5, 0.6) is 0 Å². The summed E-state index contributed by atoms with van der Waals surface area (Å²) < 4.78 is 5.36. The van der Waals surface area contributed by atoms with E-state index in [0.29, 0.717) is 18.2 Å². The van der Waals surface area contributed by atoms with Crippen molar-refractivity contribution < 1.29 is 9.53 Å². The van der Waals surface area contributed by atoms with Gasteiger partial charge in [0.25, 0.3) is 0 Å². The third-order valence-corrected chi connectivity index (χ3v) is 4.47. The maximum absolute atomic E-state index is 12.6. The summed E-state index contributed by atoms with van der Waals surface area (Å²) in [5.41, 5.74) is 9.71. The number of nitrogen functional groups attached to an aromatic ring is 1. The molecule has 0 saturated carbocycles. The molecule has 0 unspecified atom stereocenters. The van der Waals surface area contributed by atoms with Gasteiger partial charge in [-0.15, -0.1) is 0 Å². The van der Waals surface area contributed by atoms with Crippen LogP contribution in [0, 0.1) is 12.8 Å². The van der Waals surface area contributed by atoms with Crippen LogP contribution in [0.3, 0.4) is 0 Å². The molecule has 2 N–H and O–H groups in total. The Balaban J connectivity index is 1.83. The van der Waals surface area contributed by atoms with E-state index in [2.05, 4.69) is 4.98 Å². The second-order valence-corrected chi connectivity index (χ2v) is 6.18. The van der Waals surface area contributed by atoms with Crippen molar-refractivity contribution in [1.82, 2.24) is 4.98 Å². The molecule has 2 heterocycles. The van der Waals surface area contributed by atoms with Gasteiger partial charge < -0.3 is 10.5 Å². The number of nitrogens with zero attached hydrogens (tertiary/aromatic N) is 1. The van der Waals surface area contributed by atoms with Gasteiger partial charge in [-0.25, -0.2) is 4.98 Å². The SMILES string of the molecule is Cc1ccc(C(=O)CC2CCOCC2)cc1-c1ccnc(N)c1. The summed E-state index contributed by atoms with van der Waals surface area (Å²) in [6.07, 6.45) is 4.25. The molecule has 1 fully saturated rings. The summed E-state index contributed by atoms with van der Waals surface area (Å²) in [7, 11) is 0. The number of hydrogen-bond acceptors (Lipinski definition) is 4. The molecule has 0 radical (unpaired) electrons. The van der Waals surface area contributed by atoms with Crippen molar-refractivity contribution in [3.63, 3.8) is 0 Å². The molecular formula is C19H22N2O2. The van der Waals surface area contributed by atoms with Gasteiger partial charge in [0.05, 0.1) is 0 Å². The van der Waals surface area contributed by atoms with Crippen LogP contribution in [0.4, 0.5) is 5.82 Å². The quantitative estimate of drug-likeness (QED) is 0.876. The van der Waals surface area contributed by atoms with E-state index >= 15 is 0 Å². The van der Waals surface area contributed by atoms with Gasteiger partial charge in [0.1, 0.15) is 5.82 Å². The van der Waals surface area contributed by atoms with Crippen molar-refractivity contribution in [3.8, 4) is 11.1 Å². The van der Waals surface area contributed by atoms with Crippen LogP contribution in [0.15, 0.2) is 36.5 Å². The Morgan fingerprint density at radius 2 is 2.04 bits per heavy atom. The first kappa shape index (κ1) is 15.7. The number of aromatic nitrogens is 1. The highest BCUT2D eigenvalue weighted by Crippen LogP contribution is 2.27. The maximum atomic E-state index is 12.6. The van der Waals surface area contributed by atoms with E-state index < -0.39 is 0 Å². The molecule has 23 heavy (non-hydrogen) atoms. The zero-order valence-corrected chi connectivity index (χ0v) is 13.4. The number of carbonyl (C=O) groups excluding carboxylic acids is 1. The number of aryl methyl sites for hydroxylation is 1. The van der Waals surface area contributed by atoms with Crippen molar-refractivity contribution in [2.24, 2.45) is 5.92 Å².